The van der Waals surface area contributed by atoms with Gasteiger partial charge in [-0.1, -0.05) is 0 Å². The van der Waals surface area contributed by atoms with Crippen LogP contribution in [0.3, 0.4) is 0 Å². The van der Waals surface area contributed by atoms with Crippen molar-refractivity contribution in [2.75, 3.05) is 19.0 Å². The molecule has 118 valence electrons. The normalized spacial score (nSPS) is 11.5. The molecule has 0 aliphatic heterocycles. The van der Waals surface area contributed by atoms with Gasteiger partial charge in [0.2, 0.25) is 0 Å². The van der Waals surface area contributed by atoms with Gasteiger partial charge in [0.15, 0.2) is 5.82 Å². The number of ether oxygens (including phenoxy) is 1. The minimum atomic E-state index is -0.658. The Morgan fingerprint density at radius 3 is 2.50 bits per heavy atom. The van der Waals surface area contributed by atoms with Crippen molar-refractivity contribution in [1.82, 2.24) is 9.78 Å². The molecule has 8 heteroatoms. The van der Waals surface area contributed by atoms with E-state index in [0.29, 0.717) is 16.7 Å². The van der Waals surface area contributed by atoms with E-state index < -0.39 is 16.6 Å². The Hall–Kier alpha value is -2.64. The van der Waals surface area contributed by atoms with Crippen LogP contribution in [0.1, 0.15) is 20.8 Å². The van der Waals surface area contributed by atoms with Gasteiger partial charge >= 0.3 is 6.09 Å². The number of non-ortho nitro benzene ring substituents is 1. The van der Waals surface area contributed by atoms with Crippen LogP contribution in [0.5, 0.6) is 0 Å². The van der Waals surface area contributed by atoms with Gasteiger partial charge < -0.3 is 9.64 Å². The summed E-state index contributed by atoms with van der Waals surface area (Å²) in [6.07, 6.45) is -0.626. The van der Waals surface area contributed by atoms with Gasteiger partial charge in [0.25, 0.3) is 5.69 Å². The fraction of sp³-hybridized carbons (Fsp3) is 0.429. The fourth-order valence-electron chi connectivity index (χ4n) is 1.98. The summed E-state index contributed by atoms with van der Waals surface area (Å²) in [5, 5.41) is 15.7. The summed E-state index contributed by atoms with van der Waals surface area (Å²) in [5.74, 6) is 0.463. The minimum Gasteiger partial charge on any atom is -0.442 e. The first-order chi connectivity index (χ1) is 10.1. The molecule has 0 bridgehead atoms. The van der Waals surface area contributed by atoms with E-state index >= 15 is 0 Å². The zero-order chi connectivity index (χ0) is 16.7. The van der Waals surface area contributed by atoms with Crippen LogP contribution in [0.15, 0.2) is 18.2 Å². The number of carbonyl (C=O) groups is 1. The van der Waals surface area contributed by atoms with E-state index in [1.54, 1.807) is 39.8 Å². The number of nitrogens with zero attached hydrogens (tertiary/aromatic N) is 4. The number of anilines is 1. The zero-order valence-electron chi connectivity index (χ0n) is 13.2. The number of benzene rings is 1. The third kappa shape index (κ3) is 3.00. The number of fused-ring (bicyclic) bond motifs is 1. The lowest BCUT2D eigenvalue weighted by Gasteiger charge is -2.19. The van der Waals surface area contributed by atoms with E-state index in [9.17, 15) is 14.9 Å². The van der Waals surface area contributed by atoms with Gasteiger partial charge in [-0.15, -0.1) is 5.10 Å². The van der Waals surface area contributed by atoms with Crippen molar-refractivity contribution < 1.29 is 14.5 Å². The average molecular weight is 306 g/mol. The number of aromatic nitrogens is 2. The molecular weight excluding hydrogens is 288 g/mol. The maximum atomic E-state index is 12.3. The second kappa shape index (κ2) is 5.28. The van der Waals surface area contributed by atoms with E-state index in [2.05, 4.69) is 5.10 Å². The van der Waals surface area contributed by atoms with Crippen LogP contribution in [-0.4, -0.2) is 40.5 Å². The summed E-state index contributed by atoms with van der Waals surface area (Å²) in [7, 11) is 3.50. The highest BCUT2D eigenvalue weighted by atomic mass is 16.6. The van der Waals surface area contributed by atoms with Gasteiger partial charge in [-0.3, -0.25) is 10.1 Å². The Kier molecular flexibility index (Phi) is 3.78. The predicted octanol–water partition coefficient (Wildman–Crippen LogP) is 2.79. The first-order valence-corrected chi connectivity index (χ1v) is 6.68. The van der Waals surface area contributed by atoms with Gasteiger partial charge in [-0.25, -0.2) is 4.79 Å². The van der Waals surface area contributed by atoms with Gasteiger partial charge in [0.1, 0.15) is 5.60 Å². The summed E-state index contributed by atoms with van der Waals surface area (Å²) in [4.78, 5) is 24.4. The van der Waals surface area contributed by atoms with E-state index in [0.717, 1.165) is 4.68 Å². The Balaban J connectivity index is 2.61. The molecule has 1 heterocycles. The summed E-state index contributed by atoms with van der Waals surface area (Å²) >= 11 is 0. The fourth-order valence-corrected chi connectivity index (χ4v) is 1.98. The van der Waals surface area contributed by atoms with Crippen LogP contribution in [0.4, 0.5) is 16.3 Å². The molecule has 0 spiro atoms. The predicted molar refractivity (Wildman–Crippen MR) is 82.3 cm³/mol. The van der Waals surface area contributed by atoms with E-state index in [1.807, 2.05) is 0 Å². The molecule has 0 N–H and O–H groups in total. The monoisotopic (exact) mass is 306 g/mol. The molecule has 0 atom stereocenters. The van der Waals surface area contributed by atoms with Crippen molar-refractivity contribution in [3.05, 3.63) is 28.3 Å². The smallest absolute Gasteiger partial charge is 0.435 e. The average Bonchev–Trinajstić information content (AvgIpc) is 2.75. The third-order valence-electron chi connectivity index (χ3n) is 2.84. The molecule has 0 aliphatic rings. The highest BCUT2D eigenvalue weighted by Crippen LogP contribution is 2.29. The molecule has 0 saturated heterocycles. The van der Waals surface area contributed by atoms with Crippen LogP contribution in [0.25, 0.3) is 10.9 Å². The zero-order valence-corrected chi connectivity index (χ0v) is 13.2. The lowest BCUT2D eigenvalue weighted by molar-refractivity contribution is -0.384. The summed E-state index contributed by atoms with van der Waals surface area (Å²) in [6.45, 7) is 5.27. The Morgan fingerprint density at radius 1 is 1.36 bits per heavy atom. The molecule has 0 fully saturated rings. The van der Waals surface area contributed by atoms with Crippen LogP contribution in [-0.2, 0) is 4.74 Å². The summed E-state index contributed by atoms with van der Waals surface area (Å²) in [5.41, 5.74) is -0.253. The lowest BCUT2D eigenvalue weighted by atomic mass is 10.2. The van der Waals surface area contributed by atoms with Crippen LogP contribution >= 0.6 is 0 Å². The van der Waals surface area contributed by atoms with Crippen LogP contribution in [0, 0.1) is 10.1 Å². The third-order valence-corrected chi connectivity index (χ3v) is 2.84. The van der Waals surface area contributed by atoms with Crippen molar-refractivity contribution >= 4 is 28.5 Å². The Labute approximate surface area is 127 Å². The SMILES string of the molecule is CN(C)c1nn(C(=O)OC(C)(C)C)c2ccc([N+](=O)[O-])cc12. The van der Waals surface area contributed by atoms with Gasteiger partial charge in [-0.2, -0.15) is 4.68 Å². The minimum absolute atomic E-state index is 0.0562. The summed E-state index contributed by atoms with van der Waals surface area (Å²) < 4.78 is 6.44. The number of nitro groups is 1. The number of rotatable bonds is 2. The maximum Gasteiger partial charge on any atom is 0.435 e. The standard InChI is InChI=1S/C14H18N4O4/c1-14(2,3)22-13(19)17-11-7-6-9(18(20)21)8-10(11)12(15-17)16(4)5/h6-8H,1-5H3. The van der Waals surface area contributed by atoms with Gasteiger partial charge in [-0.05, 0) is 26.8 Å². The maximum absolute atomic E-state index is 12.3. The molecule has 0 aliphatic carbocycles. The number of hydrogen-bond acceptors (Lipinski definition) is 6. The molecule has 1 aromatic heterocycles. The quantitative estimate of drug-likeness (QED) is 0.626. The summed E-state index contributed by atoms with van der Waals surface area (Å²) in [6, 6.07) is 4.24. The topological polar surface area (TPSA) is 90.5 Å². The molecule has 0 saturated carbocycles. The molecule has 0 unspecified atom stereocenters. The highest BCUT2D eigenvalue weighted by molar-refractivity contribution is 5.97. The van der Waals surface area contributed by atoms with Gasteiger partial charge in [0.05, 0.1) is 15.8 Å². The van der Waals surface area contributed by atoms with E-state index in [4.69, 9.17) is 4.74 Å². The first-order valence-electron chi connectivity index (χ1n) is 6.68. The van der Waals surface area contributed by atoms with E-state index in [-0.39, 0.29) is 5.69 Å². The van der Waals surface area contributed by atoms with Crippen LogP contribution < -0.4 is 4.90 Å². The van der Waals surface area contributed by atoms with Crippen molar-refractivity contribution in [1.29, 1.82) is 0 Å². The molecule has 1 aromatic carbocycles. The highest BCUT2D eigenvalue weighted by Gasteiger charge is 2.24. The molecule has 0 amide bonds. The first kappa shape index (κ1) is 15.7. The van der Waals surface area contributed by atoms with Crippen molar-refractivity contribution in [3.8, 4) is 0 Å². The molecule has 8 nitrogen and oxygen atoms in total. The molecule has 2 aromatic rings. The van der Waals surface area contributed by atoms with Gasteiger partial charge in [0, 0.05) is 26.2 Å². The molecular formula is C14H18N4O4. The molecule has 0 radical (unpaired) electrons. The van der Waals surface area contributed by atoms with Crippen molar-refractivity contribution in [3.63, 3.8) is 0 Å². The number of nitro benzene ring substituents is 1. The van der Waals surface area contributed by atoms with Crippen molar-refractivity contribution in [2.45, 2.75) is 26.4 Å². The Bertz CT molecular complexity index is 743. The number of hydrogen-bond donors (Lipinski definition) is 0. The van der Waals surface area contributed by atoms with E-state index in [1.165, 1.54) is 18.2 Å². The lowest BCUT2D eigenvalue weighted by Crippen LogP contribution is -2.27. The largest absolute Gasteiger partial charge is 0.442 e. The molecule has 2 rings (SSSR count). The number of carbonyl (C=O) groups excluding carboxylic acids is 1. The van der Waals surface area contributed by atoms with Crippen molar-refractivity contribution in [2.24, 2.45) is 0 Å². The second-order valence-electron chi connectivity index (χ2n) is 6.07. The second-order valence-corrected chi connectivity index (χ2v) is 6.07. The Morgan fingerprint density at radius 2 is 2.00 bits per heavy atom. The van der Waals surface area contributed by atoms with Crippen LogP contribution in [0.2, 0.25) is 0 Å². The molecule has 22 heavy (non-hydrogen) atoms.